The Morgan fingerprint density at radius 2 is 1.78 bits per heavy atom. The summed E-state index contributed by atoms with van der Waals surface area (Å²) in [5.41, 5.74) is 2.29. The van der Waals surface area contributed by atoms with Crippen molar-refractivity contribution in [2.24, 2.45) is 14.1 Å². The van der Waals surface area contributed by atoms with Crippen molar-refractivity contribution in [2.45, 2.75) is 33.2 Å². The Hall–Kier alpha value is -2.58. The SMILES string of the molecule is CCc1nn(C)c(OC)c1CNc1c([N+](=O)[O-])c(CC)nn1C. The number of rotatable bonds is 7. The molecule has 0 saturated heterocycles. The lowest BCUT2D eigenvalue weighted by molar-refractivity contribution is -0.384. The van der Waals surface area contributed by atoms with Gasteiger partial charge in [-0.2, -0.15) is 10.2 Å². The van der Waals surface area contributed by atoms with Gasteiger partial charge in [-0.25, -0.2) is 9.36 Å². The van der Waals surface area contributed by atoms with Crippen molar-refractivity contribution in [1.29, 1.82) is 0 Å². The fraction of sp³-hybridized carbons (Fsp3) is 0.571. The number of nitrogens with zero attached hydrogens (tertiary/aromatic N) is 5. The average Bonchev–Trinajstić information content (AvgIpc) is 3.01. The molecule has 2 aromatic heterocycles. The Morgan fingerprint density at radius 3 is 2.30 bits per heavy atom. The fourth-order valence-corrected chi connectivity index (χ4v) is 2.69. The van der Waals surface area contributed by atoms with E-state index < -0.39 is 4.92 Å². The average molecular weight is 322 g/mol. The lowest BCUT2D eigenvalue weighted by Crippen LogP contribution is -2.08. The van der Waals surface area contributed by atoms with Crippen molar-refractivity contribution >= 4 is 11.5 Å². The summed E-state index contributed by atoms with van der Waals surface area (Å²) in [6.45, 7) is 4.23. The van der Waals surface area contributed by atoms with E-state index in [2.05, 4.69) is 15.5 Å². The van der Waals surface area contributed by atoms with Crippen LogP contribution in [-0.2, 0) is 33.5 Å². The van der Waals surface area contributed by atoms with Gasteiger partial charge in [-0.1, -0.05) is 13.8 Å². The molecule has 0 atom stereocenters. The summed E-state index contributed by atoms with van der Waals surface area (Å²) in [5.74, 6) is 1.04. The smallest absolute Gasteiger partial charge is 0.333 e. The Labute approximate surface area is 134 Å². The molecule has 2 rings (SSSR count). The van der Waals surface area contributed by atoms with Crippen LogP contribution in [0.4, 0.5) is 11.5 Å². The lowest BCUT2D eigenvalue weighted by atomic mass is 10.2. The number of nitrogens with one attached hydrogen (secondary N) is 1. The number of hydrogen-bond acceptors (Lipinski definition) is 6. The summed E-state index contributed by atoms with van der Waals surface area (Å²) in [5, 5.41) is 23.1. The number of anilines is 1. The van der Waals surface area contributed by atoms with Crippen molar-refractivity contribution in [3.05, 3.63) is 27.1 Å². The molecule has 2 heterocycles. The maximum Gasteiger partial charge on any atom is 0.333 e. The van der Waals surface area contributed by atoms with Crippen molar-refractivity contribution in [1.82, 2.24) is 19.6 Å². The molecule has 0 bridgehead atoms. The molecule has 126 valence electrons. The predicted molar refractivity (Wildman–Crippen MR) is 85.7 cm³/mol. The monoisotopic (exact) mass is 322 g/mol. The third-order valence-corrected chi connectivity index (χ3v) is 3.74. The highest BCUT2D eigenvalue weighted by molar-refractivity contribution is 5.60. The van der Waals surface area contributed by atoms with Crippen LogP contribution in [0.2, 0.25) is 0 Å². The maximum atomic E-state index is 11.3. The molecular weight excluding hydrogens is 300 g/mol. The Balaban J connectivity index is 2.35. The highest BCUT2D eigenvalue weighted by Crippen LogP contribution is 2.30. The second-order valence-electron chi connectivity index (χ2n) is 5.14. The molecule has 0 aliphatic heterocycles. The van der Waals surface area contributed by atoms with Gasteiger partial charge in [0.2, 0.25) is 11.7 Å². The molecule has 0 fully saturated rings. The molecule has 0 aromatic carbocycles. The van der Waals surface area contributed by atoms with E-state index in [0.29, 0.717) is 30.4 Å². The maximum absolute atomic E-state index is 11.3. The van der Waals surface area contributed by atoms with E-state index in [1.165, 1.54) is 4.68 Å². The van der Waals surface area contributed by atoms with Crippen molar-refractivity contribution in [3.8, 4) is 5.88 Å². The third kappa shape index (κ3) is 2.99. The minimum Gasteiger partial charge on any atom is -0.481 e. The van der Waals surface area contributed by atoms with Gasteiger partial charge in [0.15, 0.2) is 0 Å². The second-order valence-corrected chi connectivity index (χ2v) is 5.14. The standard InChI is InChI=1S/C14H22N6O3/c1-6-10-9(14(23-5)19(4)16-10)8-15-13-12(20(21)22)11(7-2)17-18(13)3/h15H,6-8H2,1-5H3. The molecule has 0 spiro atoms. The number of aromatic nitrogens is 4. The minimum atomic E-state index is -0.393. The van der Waals surface area contributed by atoms with Crippen LogP contribution in [0.15, 0.2) is 0 Å². The van der Waals surface area contributed by atoms with Crippen molar-refractivity contribution in [3.63, 3.8) is 0 Å². The van der Waals surface area contributed by atoms with Gasteiger partial charge in [-0.05, 0) is 12.8 Å². The molecule has 0 aliphatic carbocycles. The van der Waals surface area contributed by atoms with Crippen LogP contribution in [0.3, 0.4) is 0 Å². The summed E-state index contributed by atoms with van der Waals surface area (Å²) < 4.78 is 8.56. The molecule has 0 aliphatic rings. The highest BCUT2D eigenvalue weighted by atomic mass is 16.6. The minimum absolute atomic E-state index is 0.0240. The lowest BCUT2D eigenvalue weighted by Gasteiger charge is -2.08. The molecule has 23 heavy (non-hydrogen) atoms. The van der Waals surface area contributed by atoms with Crippen LogP contribution < -0.4 is 10.1 Å². The molecule has 9 nitrogen and oxygen atoms in total. The van der Waals surface area contributed by atoms with Gasteiger partial charge < -0.3 is 10.1 Å². The van der Waals surface area contributed by atoms with Gasteiger partial charge in [0.05, 0.1) is 23.3 Å². The van der Waals surface area contributed by atoms with E-state index in [1.807, 2.05) is 20.9 Å². The van der Waals surface area contributed by atoms with Crippen LogP contribution in [0.5, 0.6) is 5.88 Å². The first kappa shape index (κ1) is 16.8. The first-order valence-corrected chi connectivity index (χ1v) is 7.47. The summed E-state index contributed by atoms with van der Waals surface area (Å²) in [4.78, 5) is 11.0. The zero-order valence-electron chi connectivity index (χ0n) is 14.1. The van der Waals surface area contributed by atoms with Gasteiger partial charge in [-0.15, -0.1) is 0 Å². The topological polar surface area (TPSA) is 100 Å². The number of methoxy groups -OCH3 is 1. The number of hydrogen-bond donors (Lipinski definition) is 1. The quantitative estimate of drug-likeness (QED) is 0.616. The summed E-state index contributed by atoms with van der Waals surface area (Å²) >= 11 is 0. The van der Waals surface area contributed by atoms with Crippen LogP contribution in [-0.4, -0.2) is 31.6 Å². The van der Waals surface area contributed by atoms with Gasteiger partial charge in [0.25, 0.3) is 0 Å². The second kappa shape index (κ2) is 6.67. The van der Waals surface area contributed by atoms with E-state index in [0.717, 1.165) is 17.7 Å². The van der Waals surface area contributed by atoms with Gasteiger partial charge in [0, 0.05) is 20.6 Å². The van der Waals surface area contributed by atoms with Crippen LogP contribution in [0.25, 0.3) is 0 Å². The molecule has 2 aromatic rings. The largest absolute Gasteiger partial charge is 0.481 e. The zero-order chi connectivity index (χ0) is 17.1. The summed E-state index contributed by atoms with van der Waals surface area (Å²) in [7, 11) is 5.08. The predicted octanol–water partition coefficient (Wildman–Crippen LogP) is 1.81. The molecule has 1 N–H and O–H groups in total. The van der Waals surface area contributed by atoms with Crippen molar-refractivity contribution < 1.29 is 9.66 Å². The van der Waals surface area contributed by atoms with E-state index in [-0.39, 0.29) is 5.69 Å². The van der Waals surface area contributed by atoms with Gasteiger partial charge >= 0.3 is 5.69 Å². The zero-order valence-corrected chi connectivity index (χ0v) is 14.1. The van der Waals surface area contributed by atoms with Crippen LogP contribution in [0, 0.1) is 10.1 Å². The van der Waals surface area contributed by atoms with Gasteiger partial charge in [0.1, 0.15) is 5.69 Å². The fourth-order valence-electron chi connectivity index (χ4n) is 2.69. The van der Waals surface area contributed by atoms with E-state index in [1.54, 1.807) is 18.8 Å². The van der Waals surface area contributed by atoms with E-state index in [9.17, 15) is 10.1 Å². The van der Waals surface area contributed by atoms with E-state index >= 15 is 0 Å². The van der Waals surface area contributed by atoms with Crippen LogP contribution in [0.1, 0.15) is 30.8 Å². The first-order chi connectivity index (χ1) is 10.9. The van der Waals surface area contributed by atoms with Crippen molar-refractivity contribution in [2.75, 3.05) is 12.4 Å². The first-order valence-electron chi connectivity index (χ1n) is 7.47. The Kier molecular flexibility index (Phi) is 4.87. The molecule has 0 unspecified atom stereocenters. The highest BCUT2D eigenvalue weighted by Gasteiger charge is 2.26. The number of aryl methyl sites for hydroxylation is 4. The summed E-state index contributed by atoms with van der Waals surface area (Å²) in [6.07, 6.45) is 1.25. The van der Waals surface area contributed by atoms with Crippen LogP contribution >= 0.6 is 0 Å². The third-order valence-electron chi connectivity index (χ3n) is 3.74. The normalized spacial score (nSPS) is 10.8. The number of ether oxygens (including phenoxy) is 1. The molecule has 0 saturated carbocycles. The molecule has 9 heteroatoms. The summed E-state index contributed by atoms with van der Waals surface area (Å²) in [6, 6.07) is 0. The molecule has 0 radical (unpaired) electrons. The Bertz CT molecular complexity index is 719. The van der Waals surface area contributed by atoms with E-state index in [4.69, 9.17) is 4.74 Å². The Morgan fingerprint density at radius 1 is 1.17 bits per heavy atom. The molecular formula is C14H22N6O3. The molecule has 0 amide bonds. The number of nitro groups is 1. The van der Waals surface area contributed by atoms with Gasteiger partial charge in [-0.3, -0.25) is 10.1 Å².